The van der Waals surface area contributed by atoms with Gasteiger partial charge in [0.1, 0.15) is 5.65 Å². The highest BCUT2D eigenvalue weighted by atomic mass is 32.2. The number of aryl methyl sites for hydroxylation is 2. The molecule has 0 spiro atoms. The van der Waals surface area contributed by atoms with Crippen molar-refractivity contribution in [1.82, 2.24) is 33.8 Å². The fourth-order valence-electron chi connectivity index (χ4n) is 6.54. The van der Waals surface area contributed by atoms with E-state index in [1.807, 2.05) is 32.3 Å². The molecule has 0 N–H and O–H groups in total. The van der Waals surface area contributed by atoms with Crippen LogP contribution >= 0.6 is 0 Å². The van der Waals surface area contributed by atoms with Crippen LogP contribution in [0.25, 0.3) is 33.3 Å². The molecule has 41 heavy (non-hydrogen) atoms. The molecular formula is C30H33N7O3S. The Balaban J connectivity index is 1.53. The fraction of sp³-hybridized carbons (Fsp3) is 0.400. The van der Waals surface area contributed by atoms with Crippen LogP contribution in [-0.4, -0.2) is 68.6 Å². The smallest absolute Gasteiger partial charge is 0.260 e. The maximum absolute atomic E-state index is 13.6. The molecule has 0 bridgehead atoms. The lowest BCUT2D eigenvalue weighted by atomic mass is 9.86. The molecule has 5 aromatic rings. The van der Waals surface area contributed by atoms with Gasteiger partial charge in [-0.2, -0.15) is 4.31 Å². The molecular weight excluding hydrogens is 538 g/mol. The number of ether oxygens (including phenoxy) is 1. The number of rotatable bonds is 6. The first kappa shape index (κ1) is 26.2. The number of pyridine rings is 2. The van der Waals surface area contributed by atoms with E-state index in [1.54, 1.807) is 15.1 Å². The van der Waals surface area contributed by atoms with Gasteiger partial charge in [0.2, 0.25) is 0 Å². The monoisotopic (exact) mass is 571 g/mol. The third-order valence-electron chi connectivity index (χ3n) is 8.53. The molecule has 2 aliphatic rings. The van der Waals surface area contributed by atoms with Gasteiger partial charge in [-0.15, -0.1) is 5.10 Å². The molecule has 2 aliphatic heterocycles. The van der Waals surface area contributed by atoms with Gasteiger partial charge in [0.05, 0.1) is 28.5 Å². The Morgan fingerprint density at radius 3 is 2.49 bits per heavy atom. The van der Waals surface area contributed by atoms with E-state index in [2.05, 4.69) is 45.2 Å². The molecule has 1 atom stereocenters. The number of benzene rings is 1. The van der Waals surface area contributed by atoms with Gasteiger partial charge in [0.15, 0.2) is 5.03 Å². The van der Waals surface area contributed by atoms with Crippen molar-refractivity contribution in [3.05, 3.63) is 66.0 Å². The molecule has 0 radical (unpaired) electrons. The van der Waals surface area contributed by atoms with E-state index >= 15 is 0 Å². The second-order valence-corrected chi connectivity index (χ2v) is 12.9. The summed E-state index contributed by atoms with van der Waals surface area (Å²) in [5, 5.41) is 9.37. The minimum atomic E-state index is -3.71. The summed E-state index contributed by atoms with van der Waals surface area (Å²) in [6.45, 7) is 4.38. The van der Waals surface area contributed by atoms with Crippen LogP contribution in [0, 0.1) is 12.8 Å². The zero-order valence-electron chi connectivity index (χ0n) is 23.3. The van der Waals surface area contributed by atoms with Gasteiger partial charge in [0.25, 0.3) is 10.0 Å². The third-order valence-corrected chi connectivity index (χ3v) is 10.3. The summed E-state index contributed by atoms with van der Waals surface area (Å²) < 4.78 is 38.6. The third kappa shape index (κ3) is 4.43. The fourth-order valence-corrected chi connectivity index (χ4v) is 7.99. The van der Waals surface area contributed by atoms with Crippen molar-refractivity contribution in [1.29, 1.82) is 0 Å². The summed E-state index contributed by atoms with van der Waals surface area (Å²) in [6, 6.07) is 16.0. The molecule has 10 nitrogen and oxygen atoms in total. The quantitative estimate of drug-likeness (QED) is 0.296. The average molecular weight is 572 g/mol. The van der Waals surface area contributed by atoms with Gasteiger partial charge in [-0.3, -0.25) is 4.98 Å². The number of nitrogens with zero attached hydrogens (tertiary/aromatic N) is 7. The summed E-state index contributed by atoms with van der Waals surface area (Å²) in [6.07, 6.45) is 5.38. The lowest BCUT2D eigenvalue weighted by Gasteiger charge is -2.32. The summed E-state index contributed by atoms with van der Waals surface area (Å²) in [7, 11) is -1.83. The van der Waals surface area contributed by atoms with E-state index in [0.29, 0.717) is 32.0 Å². The van der Waals surface area contributed by atoms with Gasteiger partial charge < -0.3 is 9.30 Å². The first-order valence-corrected chi connectivity index (χ1v) is 15.7. The molecule has 2 fully saturated rings. The van der Waals surface area contributed by atoms with Gasteiger partial charge in [0, 0.05) is 50.5 Å². The van der Waals surface area contributed by atoms with Crippen molar-refractivity contribution >= 4 is 32.1 Å². The largest absolute Gasteiger partial charge is 0.381 e. The van der Waals surface area contributed by atoms with Crippen LogP contribution in [0.1, 0.15) is 43.0 Å². The van der Waals surface area contributed by atoms with Gasteiger partial charge >= 0.3 is 0 Å². The standard InChI is InChI=1S/C30H33N7O3S/c1-20-28(35(2)34-33-20)23-18-25-27(31-19-23)24-10-11-26(41(38,39)36-14-6-7-15-36)32-30(24)37(25)29(21-8-4-3-5-9-21)22-12-16-40-17-13-22/h3-5,8-11,18-19,22,29H,6-7,12-17H2,1-2H3/t29-/m1/s1. The molecule has 1 aromatic carbocycles. The lowest BCUT2D eigenvalue weighted by molar-refractivity contribution is 0.0552. The zero-order valence-corrected chi connectivity index (χ0v) is 24.1. The van der Waals surface area contributed by atoms with Gasteiger partial charge in [-0.1, -0.05) is 35.5 Å². The number of aromatic nitrogens is 6. The highest BCUT2D eigenvalue weighted by Crippen LogP contribution is 2.41. The second kappa shape index (κ2) is 10.3. The van der Waals surface area contributed by atoms with Gasteiger partial charge in [-0.05, 0) is 62.3 Å². The Morgan fingerprint density at radius 1 is 1.02 bits per heavy atom. The summed E-state index contributed by atoms with van der Waals surface area (Å²) >= 11 is 0. The minimum Gasteiger partial charge on any atom is -0.381 e. The van der Waals surface area contributed by atoms with Crippen molar-refractivity contribution in [3.63, 3.8) is 0 Å². The highest BCUT2D eigenvalue weighted by molar-refractivity contribution is 7.89. The average Bonchev–Trinajstić information content (AvgIpc) is 3.73. The normalized spacial score (nSPS) is 18.0. The Bertz CT molecular complexity index is 1820. The molecule has 4 aromatic heterocycles. The SMILES string of the molecule is Cc1nnn(C)c1-c1cnc2c3ccc(S(=O)(=O)N4CCCC4)nc3n([C@H](c3ccccc3)C3CCOCC3)c2c1. The molecule has 0 unspecified atom stereocenters. The van der Waals surface area contributed by atoms with Crippen molar-refractivity contribution < 1.29 is 13.2 Å². The molecule has 212 valence electrons. The molecule has 6 heterocycles. The zero-order chi connectivity index (χ0) is 28.1. The topological polar surface area (TPSA) is 108 Å². The van der Waals surface area contributed by atoms with Crippen molar-refractivity contribution in [2.75, 3.05) is 26.3 Å². The van der Waals surface area contributed by atoms with E-state index < -0.39 is 10.0 Å². The van der Waals surface area contributed by atoms with E-state index in [-0.39, 0.29) is 17.0 Å². The lowest BCUT2D eigenvalue weighted by Crippen LogP contribution is -2.29. The predicted molar refractivity (Wildman–Crippen MR) is 156 cm³/mol. The molecule has 0 amide bonds. The maximum atomic E-state index is 13.6. The number of hydrogen-bond acceptors (Lipinski definition) is 7. The Morgan fingerprint density at radius 2 is 1.78 bits per heavy atom. The van der Waals surface area contributed by atoms with Crippen LogP contribution in [0.5, 0.6) is 0 Å². The van der Waals surface area contributed by atoms with E-state index in [9.17, 15) is 8.42 Å². The minimum absolute atomic E-state index is 0.0832. The molecule has 11 heteroatoms. The van der Waals surface area contributed by atoms with Gasteiger partial charge in [-0.25, -0.2) is 18.1 Å². The Labute approximate surface area is 239 Å². The van der Waals surface area contributed by atoms with Crippen molar-refractivity contribution in [2.24, 2.45) is 13.0 Å². The number of fused-ring (bicyclic) bond motifs is 3. The van der Waals surface area contributed by atoms with Crippen LogP contribution in [0.2, 0.25) is 0 Å². The first-order valence-electron chi connectivity index (χ1n) is 14.2. The van der Waals surface area contributed by atoms with Crippen LogP contribution < -0.4 is 0 Å². The molecule has 7 rings (SSSR count). The maximum Gasteiger partial charge on any atom is 0.260 e. The summed E-state index contributed by atoms with van der Waals surface area (Å²) in [5.41, 5.74) is 6.09. The number of sulfonamides is 1. The van der Waals surface area contributed by atoms with Crippen molar-refractivity contribution in [2.45, 2.75) is 43.7 Å². The summed E-state index contributed by atoms with van der Waals surface area (Å²) in [4.78, 5) is 9.87. The number of hydrogen-bond donors (Lipinski definition) is 0. The highest BCUT2D eigenvalue weighted by Gasteiger charge is 2.33. The summed E-state index contributed by atoms with van der Waals surface area (Å²) in [5.74, 6) is 0.273. The van der Waals surface area contributed by atoms with Crippen LogP contribution in [0.4, 0.5) is 0 Å². The molecule has 0 saturated carbocycles. The van der Waals surface area contributed by atoms with Crippen LogP contribution in [0.3, 0.4) is 0 Å². The van der Waals surface area contributed by atoms with Crippen molar-refractivity contribution in [3.8, 4) is 11.3 Å². The van der Waals surface area contributed by atoms with E-state index in [1.165, 1.54) is 0 Å². The molecule has 2 saturated heterocycles. The van der Waals surface area contributed by atoms with E-state index in [0.717, 1.165) is 64.6 Å². The Hall–Kier alpha value is -3.67. The van der Waals surface area contributed by atoms with Crippen LogP contribution in [-0.2, 0) is 21.8 Å². The molecule has 0 aliphatic carbocycles. The first-order chi connectivity index (χ1) is 19.9. The predicted octanol–water partition coefficient (Wildman–Crippen LogP) is 4.49. The second-order valence-electron chi connectivity index (χ2n) is 11.0. The van der Waals surface area contributed by atoms with Crippen LogP contribution in [0.15, 0.2) is 59.8 Å². The van der Waals surface area contributed by atoms with E-state index in [4.69, 9.17) is 14.7 Å². The Kier molecular flexibility index (Phi) is 6.60.